The number of hydrogen-bond acceptors (Lipinski definition) is 8. The number of rotatable bonds is 7. The number of ether oxygens (including phenoxy) is 1. The monoisotopic (exact) mass is 542 g/mol. The van der Waals surface area contributed by atoms with Gasteiger partial charge in [0.25, 0.3) is 11.6 Å². The molecule has 1 N–H and O–H groups in total. The average Bonchev–Trinajstić information content (AvgIpc) is 3.47. The van der Waals surface area contributed by atoms with Crippen molar-refractivity contribution in [1.29, 1.82) is 0 Å². The Labute approximate surface area is 219 Å². The topological polar surface area (TPSA) is 114 Å². The number of carbonyl (C=O) groups excluding carboxylic acids is 2. The number of thioether (sulfide) groups is 1. The lowest BCUT2D eigenvalue weighted by atomic mass is 10.2. The normalized spacial score (nSPS) is 15.1. The van der Waals surface area contributed by atoms with Gasteiger partial charge in [-0.3, -0.25) is 24.6 Å². The molecule has 9 nitrogen and oxygen atoms in total. The number of nitrogens with one attached hydrogen (secondary N) is 1. The summed E-state index contributed by atoms with van der Waals surface area (Å²) in [6.07, 6.45) is 1.69. The number of hydrogen-bond donors (Lipinski definition) is 1. The molecule has 184 valence electrons. The first-order valence-corrected chi connectivity index (χ1v) is 12.6. The third kappa shape index (κ3) is 5.59. The van der Waals surface area contributed by atoms with Crippen LogP contribution in [0, 0.1) is 10.1 Å². The zero-order chi connectivity index (χ0) is 25.8. The molecule has 4 rings (SSSR count). The molecule has 36 heavy (non-hydrogen) atoms. The summed E-state index contributed by atoms with van der Waals surface area (Å²) in [6.45, 7) is 1.66. The number of amidine groups is 1. The molecule has 2 heterocycles. The van der Waals surface area contributed by atoms with Crippen molar-refractivity contribution in [1.82, 2.24) is 0 Å². The van der Waals surface area contributed by atoms with Crippen LogP contribution in [0.1, 0.15) is 11.8 Å². The first-order valence-electron chi connectivity index (χ1n) is 10.5. The summed E-state index contributed by atoms with van der Waals surface area (Å²) in [6, 6.07) is 14.3. The maximum absolute atomic E-state index is 13.3. The highest BCUT2D eigenvalue weighted by molar-refractivity contribution is 8.15. The van der Waals surface area contributed by atoms with Crippen LogP contribution in [0.3, 0.4) is 0 Å². The molecule has 2 aromatic carbocycles. The van der Waals surface area contributed by atoms with Gasteiger partial charge in [-0.25, -0.2) is 4.99 Å². The molecule has 0 aliphatic carbocycles. The Morgan fingerprint density at radius 2 is 2.08 bits per heavy atom. The summed E-state index contributed by atoms with van der Waals surface area (Å²) in [4.78, 5) is 43.5. The Kier molecular flexibility index (Phi) is 7.73. The third-order valence-corrected chi connectivity index (χ3v) is 7.19. The maximum atomic E-state index is 13.3. The van der Waals surface area contributed by atoms with Crippen LogP contribution >= 0.6 is 34.7 Å². The molecule has 0 saturated carbocycles. The largest absolute Gasteiger partial charge is 0.495 e. The van der Waals surface area contributed by atoms with E-state index in [1.807, 2.05) is 17.5 Å². The third-order valence-electron chi connectivity index (χ3n) is 5.02. The molecular weight excluding hydrogens is 524 g/mol. The molecule has 1 atom stereocenters. The number of methoxy groups -OCH3 is 1. The van der Waals surface area contributed by atoms with Crippen LogP contribution < -0.4 is 15.0 Å². The lowest BCUT2D eigenvalue weighted by molar-refractivity contribution is -0.384. The van der Waals surface area contributed by atoms with E-state index in [0.717, 1.165) is 16.6 Å². The van der Waals surface area contributed by atoms with E-state index < -0.39 is 16.1 Å². The number of benzene rings is 2. The fraction of sp³-hybridized carbons (Fsp3) is 0.125. The Bertz CT molecular complexity index is 1390. The van der Waals surface area contributed by atoms with Gasteiger partial charge in [-0.1, -0.05) is 35.5 Å². The Morgan fingerprint density at radius 3 is 2.75 bits per heavy atom. The molecule has 1 unspecified atom stereocenters. The summed E-state index contributed by atoms with van der Waals surface area (Å²) in [5, 5.41) is 15.5. The highest BCUT2D eigenvalue weighted by Crippen LogP contribution is 2.35. The average molecular weight is 543 g/mol. The second-order valence-electron chi connectivity index (χ2n) is 7.46. The number of non-ortho nitro benzene ring substituents is 1. The van der Waals surface area contributed by atoms with Gasteiger partial charge in [0.1, 0.15) is 11.4 Å². The van der Waals surface area contributed by atoms with Crippen LogP contribution in [0.4, 0.5) is 17.1 Å². The Balaban J connectivity index is 1.61. The fourth-order valence-electron chi connectivity index (χ4n) is 3.26. The molecule has 12 heteroatoms. The second kappa shape index (κ2) is 10.9. The van der Waals surface area contributed by atoms with Gasteiger partial charge >= 0.3 is 0 Å². The van der Waals surface area contributed by atoms with Gasteiger partial charge in [0.15, 0.2) is 5.17 Å². The highest BCUT2D eigenvalue weighted by atomic mass is 35.5. The molecule has 0 radical (unpaired) electrons. The minimum atomic E-state index is -0.687. The summed E-state index contributed by atoms with van der Waals surface area (Å²) in [5.74, 6) is -0.310. The van der Waals surface area contributed by atoms with E-state index in [9.17, 15) is 19.7 Å². The van der Waals surface area contributed by atoms with Crippen molar-refractivity contribution in [2.24, 2.45) is 4.99 Å². The molecule has 0 bridgehead atoms. The number of aliphatic imine (C=N–C) groups is 1. The smallest absolute Gasteiger partial charge is 0.283 e. The van der Waals surface area contributed by atoms with Crippen LogP contribution in [0.5, 0.6) is 5.75 Å². The lowest BCUT2D eigenvalue weighted by Gasteiger charge is -2.20. The van der Waals surface area contributed by atoms with Gasteiger partial charge in [-0.15, -0.1) is 11.3 Å². The zero-order valence-electron chi connectivity index (χ0n) is 19.0. The number of amides is 2. The van der Waals surface area contributed by atoms with Gasteiger partial charge in [0, 0.05) is 22.7 Å². The summed E-state index contributed by atoms with van der Waals surface area (Å²) in [5.41, 5.74) is 0.851. The first kappa shape index (κ1) is 25.4. The van der Waals surface area contributed by atoms with Crippen molar-refractivity contribution < 1.29 is 19.2 Å². The number of nitro groups is 1. The molecule has 0 saturated heterocycles. The number of halogens is 1. The minimum Gasteiger partial charge on any atom is -0.495 e. The molecule has 0 fully saturated rings. The van der Waals surface area contributed by atoms with Crippen molar-refractivity contribution in [3.63, 3.8) is 0 Å². The number of anilines is 2. The van der Waals surface area contributed by atoms with E-state index in [0.29, 0.717) is 27.3 Å². The van der Waals surface area contributed by atoms with Crippen molar-refractivity contribution in [2.75, 3.05) is 17.3 Å². The predicted molar refractivity (Wildman–Crippen MR) is 144 cm³/mol. The number of nitro benzene ring substituents is 1. The first-order chi connectivity index (χ1) is 17.3. The second-order valence-corrected chi connectivity index (χ2v) is 10.1. The number of carbonyl (C=O) groups is 2. The van der Waals surface area contributed by atoms with Crippen LogP contribution in [-0.2, 0) is 9.59 Å². The van der Waals surface area contributed by atoms with Crippen LogP contribution in [-0.4, -0.2) is 34.3 Å². The van der Waals surface area contributed by atoms with Gasteiger partial charge < -0.3 is 10.1 Å². The van der Waals surface area contributed by atoms with E-state index >= 15 is 0 Å². The van der Waals surface area contributed by atoms with E-state index in [1.54, 1.807) is 37.3 Å². The Morgan fingerprint density at radius 1 is 1.28 bits per heavy atom. The molecule has 3 aromatic rings. The zero-order valence-corrected chi connectivity index (χ0v) is 21.4. The van der Waals surface area contributed by atoms with E-state index in [4.69, 9.17) is 16.3 Å². The standard InChI is InChI=1S/C24H19ClN4O5S2/c1-14(22(30)26-15-5-3-6-17(11-15)29(32)33)36-24-27-20(13-18-7-4-10-35-18)23(31)28(24)16-8-9-21(34-2)19(25)12-16/h3-14H,1-2H3,(H,26,30)/b20-13+. The van der Waals surface area contributed by atoms with Gasteiger partial charge in [0.2, 0.25) is 5.91 Å². The van der Waals surface area contributed by atoms with Crippen molar-refractivity contribution in [3.05, 3.63) is 85.7 Å². The summed E-state index contributed by atoms with van der Waals surface area (Å²) >= 11 is 8.85. The molecule has 2 amide bonds. The number of thiophene rings is 1. The molecule has 0 spiro atoms. The molecular formula is C24H19ClN4O5S2. The van der Waals surface area contributed by atoms with E-state index in [1.165, 1.54) is 41.5 Å². The molecule has 1 aliphatic heterocycles. The van der Waals surface area contributed by atoms with Gasteiger partial charge in [-0.2, -0.15) is 0 Å². The van der Waals surface area contributed by atoms with Gasteiger partial charge in [-0.05, 0) is 48.7 Å². The molecule has 1 aliphatic rings. The quantitative estimate of drug-likeness (QED) is 0.228. The van der Waals surface area contributed by atoms with Crippen LogP contribution in [0.2, 0.25) is 5.02 Å². The van der Waals surface area contributed by atoms with Crippen molar-refractivity contribution >= 4 is 74.8 Å². The van der Waals surface area contributed by atoms with Crippen LogP contribution in [0.25, 0.3) is 6.08 Å². The van der Waals surface area contributed by atoms with E-state index in [-0.39, 0.29) is 17.3 Å². The SMILES string of the molecule is COc1ccc(N2C(=O)/C(=C\c3cccs3)N=C2SC(C)C(=O)Nc2cccc([N+](=O)[O-])c2)cc1Cl. The summed E-state index contributed by atoms with van der Waals surface area (Å²) < 4.78 is 5.21. The maximum Gasteiger partial charge on any atom is 0.283 e. The minimum absolute atomic E-state index is 0.134. The van der Waals surface area contributed by atoms with Crippen LogP contribution in [0.15, 0.2) is 70.7 Å². The Hall–Kier alpha value is -3.67. The molecule has 1 aromatic heterocycles. The summed E-state index contributed by atoms with van der Waals surface area (Å²) in [7, 11) is 1.49. The van der Waals surface area contributed by atoms with Crippen molar-refractivity contribution in [3.8, 4) is 5.75 Å². The van der Waals surface area contributed by atoms with E-state index in [2.05, 4.69) is 10.3 Å². The predicted octanol–water partition coefficient (Wildman–Crippen LogP) is 5.82. The lowest BCUT2D eigenvalue weighted by Crippen LogP contribution is -2.33. The number of nitrogens with zero attached hydrogens (tertiary/aromatic N) is 3. The van der Waals surface area contributed by atoms with Crippen molar-refractivity contribution in [2.45, 2.75) is 12.2 Å². The van der Waals surface area contributed by atoms with Gasteiger partial charge in [0.05, 0.1) is 28.0 Å². The highest BCUT2D eigenvalue weighted by Gasteiger charge is 2.34. The fourth-order valence-corrected chi connectivity index (χ4v) is 5.09.